The van der Waals surface area contributed by atoms with Gasteiger partial charge in [0.15, 0.2) is 0 Å². The first kappa shape index (κ1) is 11.1. The maximum Gasteiger partial charge on any atom is 0.0555 e. The fraction of sp³-hybridized carbons (Fsp3) is 1.00. The van der Waals surface area contributed by atoms with Gasteiger partial charge < -0.3 is 15.3 Å². The van der Waals surface area contributed by atoms with E-state index in [-0.39, 0.29) is 6.61 Å². The summed E-state index contributed by atoms with van der Waals surface area (Å²) in [6.07, 6.45) is 0. The van der Waals surface area contributed by atoms with Gasteiger partial charge in [-0.3, -0.25) is 4.21 Å². The number of nitrogens with zero attached hydrogens (tertiary/aromatic N) is 1. The van der Waals surface area contributed by atoms with Crippen LogP contribution in [0.1, 0.15) is 0 Å². The molecule has 0 bridgehead atoms. The van der Waals surface area contributed by atoms with Crippen molar-refractivity contribution in [2.75, 3.05) is 50.8 Å². The SMILES string of the molecule is O=S1CCN(CCNCCO)CC1. The van der Waals surface area contributed by atoms with E-state index in [1.165, 1.54) is 0 Å². The summed E-state index contributed by atoms with van der Waals surface area (Å²) in [5.41, 5.74) is 0. The van der Waals surface area contributed by atoms with Gasteiger partial charge in [-0.2, -0.15) is 0 Å². The molecule has 0 unspecified atom stereocenters. The maximum absolute atomic E-state index is 11.0. The Morgan fingerprint density at radius 1 is 1.31 bits per heavy atom. The van der Waals surface area contributed by atoms with Crippen LogP contribution in [0.15, 0.2) is 0 Å². The van der Waals surface area contributed by atoms with Crippen LogP contribution in [0.2, 0.25) is 0 Å². The van der Waals surface area contributed by atoms with Crippen LogP contribution in [0.25, 0.3) is 0 Å². The fourth-order valence-corrected chi connectivity index (χ4v) is 2.47. The van der Waals surface area contributed by atoms with E-state index in [0.29, 0.717) is 6.54 Å². The van der Waals surface area contributed by atoms with Gasteiger partial charge in [0.1, 0.15) is 0 Å². The van der Waals surface area contributed by atoms with Crippen LogP contribution >= 0.6 is 0 Å². The second-order valence-electron chi connectivity index (χ2n) is 3.16. The molecule has 78 valence electrons. The van der Waals surface area contributed by atoms with E-state index in [4.69, 9.17) is 5.11 Å². The average molecular weight is 206 g/mol. The minimum absolute atomic E-state index is 0.198. The number of nitrogens with one attached hydrogen (secondary N) is 1. The van der Waals surface area contributed by atoms with E-state index in [1.807, 2.05) is 0 Å². The zero-order chi connectivity index (χ0) is 9.52. The van der Waals surface area contributed by atoms with Gasteiger partial charge in [0, 0.05) is 55.0 Å². The van der Waals surface area contributed by atoms with Gasteiger partial charge in [-0.05, 0) is 0 Å². The third-order valence-corrected chi connectivity index (χ3v) is 3.44. The molecule has 4 nitrogen and oxygen atoms in total. The lowest BCUT2D eigenvalue weighted by Gasteiger charge is -2.25. The molecule has 0 atom stereocenters. The van der Waals surface area contributed by atoms with Crippen molar-refractivity contribution in [3.05, 3.63) is 0 Å². The molecule has 0 spiro atoms. The summed E-state index contributed by atoms with van der Waals surface area (Å²) in [6, 6.07) is 0. The van der Waals surface area contributed by atoms with Gasteiger partial charge in [-0.15, -0.1) is 0 Å². The number of hydrogen-bond acceptors (Lipinski definition) is 4. The summed E-state index contributed by atoms with van der Waals surface area (Å²) >= 11 is 0. The average Bonchev–Trinajstić information content (AvgIpc) is 2.15. The highest BCUT2D eigenvalue weighted by atomic mass is 32.2. The lowest BCUT2D eigenvalue weighted by atomic mass is 10.4. The Morgan fingerprint density at radius 2 is 2.00 bits per heavy atom. The summed E-state index contributed by atoms with van der Waals surface area (Å²) in [4.78, 5) is 2.31. The van der Waals surface area contributed by atoms with E-state index in [2.05, 4.69) is 10.2 Å². The monoisotopic (exact) mass is 206 g/mol. The van der Waals surface area contributed by atoms with Gasteiger partial charge in [0.25, 0.3) is 0 Å². The lowest BCUT2D eigenvalue weighted by molar-refractivity contribution is 0.273. The molecule has 13 heavy (non-hydrogen) atoms. The van der Waals surface area contributed by atoms with Crippen molar-refractivity contribution in [3.8, 4) is 0 Å². The van der Waals surface area contributed by atoms with E-state index >= 15 is 0 Å². The van der Waals surface area contributed by atoms with Gasteiger partial charge in [-0.1, -0.05) is 0 Å². The van der Waals surface area contributed by atoms with Crippen LogP contribution in [0.4, 0.5) is 0 Å². The Labute approximate surface area is 81.8 Å². The molecule has 0 aromatic rings. The molecule has 0 aromatic heterocycles. The third kappa shape index (κ3) is 4.71. The molecular formula is C8H18N2O2S. The molecule has 2 N–H and O–H groups in total. The largest absolute Gasteiger partial charge is 0.395 e. The standard InChI is InChI=1S/C8H18N2O2S/c11-6-2-9-1-3-10-4-7-13(12)8-5-10/h9,11H,1-8H2. The highest BCUT2D eigenvalue weighted by Crippen LogP contribution is 1.98. The molecule has 1 fully saturated rings. The highest BCUT2D eigenvalue weighted by molar-refractivity contribution is 7.85. The molecule has 0 saturated carbocycles. The van der Waals surface area contributed by atoms with Crippen molar-refractivity contribution >= 4 is 10.8 Å². The molecule has 1 aliphatic rings. The van der Waals surface area contributed by atoms with Crippen LogP contribution < -0.4 is 5.32 Å². The molecule has 1 heterocycles. The van der Waals surface area contributed by atoms with Crippen LogP contribution in [-0.4, -0.2) is 65.1 Å². The smallest absolute Gasteiger partial charge is 0.0555 e. The summed E-state index contributed by atoms with van der Waals surface area (Å²) in [5.74, 6) is 1.64. The molecule has 0 aliphatic carbocycles. The van der Waals surface area contributed by atoms with Crippen LogP contribution in [0.5, 0.6) is 0 Å². The Balaban J connectivity index is 1.99. The van der Waals surface area contributed by atoms with Crippen molar-refractivity contribution in [2.45, 2.75) is 0 Å². The molecule has 0 aromatic carbocycles. The van der Waals surface area contributed by atoms with Crippen molar-refractivity contribution < 1.29 is 9.32 Å². The summed E-state index contributed by atoms with van der Waals surface area (Å²) in [7, 11) is -0.572. The molecule has 1 saturated heterocycles. The van der Waals surface area contributed by atoms with Crippen molar-refractivity contribution in [2.24, 2.45) is 0 Å². The number of aliphatic hydroxyl groups excluding tert-OH is 1. The molecule has 0 radical (unpaired) electrons. The van der Waals surface area contributed by atoms with E-state index in [0.717, 1.165) is 37.7 Å². The quantitative estimate of drug-likeness (QED) is 0.545. The predicted molar refractivity (Wildman–Crippen MR) is 54.3 cm³/mol. The van der Waals surface area contributed by atoms with Gasteiger partial charge in [0.2, 0.25) is 0 Å². The Kier molecular flexibility index (Phi) is 5.54. The van der Waals surface area contributed by atoms with Gasteiger partial charge in [0.05, 0.1) is 6.61 Å². The first-order valence-corrected chi connectivity index (χ1v) is 6.20. The zero-order valence-corrected chi connectivity index (χ0v) is 8.68. The number of hydrogen-bond donors (Lipinski definition) is 2. The highest BCUT2D eigenvalue weighted by Gasteiger charge is 2.13. The summed E-state index contributed by atoms with van der Waals surface area (Å²) < 4.78 is 11.0. The van der Waals surface area contributed by atoms with Crippen LogP contribution in [0.3, 0.4) is 0 Å². The van der Waals surface area contributed by atoms with Gasteiger partial charge in [-0.25, -0.2) is 0 Å². The Hall–Kier alpha value is 0.0300. The molecular weight excluding hydrogens is 188 g/mol. The number of aliphatic hydroxyl groups is 1. The predicted octanol–water partition coefficient (Wildman–Crippen LogP) is -1.37. The van der Waals surface area contributed by atoms with Crippen LogP contribution in [0, 0.1) is 0 Å². The molecule has 1 rings (SSSR count). The molecule has 0 amide bonds. The first-order valence-electron chi connectivity index (χ1n) is 4.72. The minimum Gasteiger partial charge on any atom is -0.395 e. The van der Waals surface area contributed by atoms with Gasteiger partial charge >= 0.3 is 0 Å². The Morgan fingerprint density at radius 3 is 2.62 bits per heavy atom. The van der Waals surface area contributed by atoms with E-state index in [1.54, 1.807) is 0 Å². The maximum atomic E-state index is 11.0. The summed E-state index contributed by atoms with van der Waals surface area (Å²) in [6.45, 7) is 4.68. The third-order valence-electron chi connectivity index (χ3n) is 2.16. The topological polar surface area (TPSA) is 52.6 Å². The van der Waals surface area contributed by atoms with Crippen molar-refractivity contribution in [1.82, 2.24) is 10.2 Å². The molecule has 1 aliphatic heterocycles. The zero-order valence-electron chi connectivity index (χ0n) is 7.87. The Bertz CT molecular complexity index is 156. The van der Waals surface area contributed by atoms with E-state index < -0.39 is 10.8 Å². The van der Waals surface area contributed by atoms with Crippen molar-refractivity contribution in [3.63, 3.8) is 0 Å². The summed E-state index contributed by atoms with van der Waals surface area (Å²) in [5, 5.41) is 11.6. The molecule has 5 heteroatoms. The lowest BCUT2D eigenvalue weighted by Crippen LogP contribution is -2.41. The first-order chi connectivity index (χ1) is 6.33. The number of rotatable bonds is 5. The van der Waals surface area contributed by atoms with Crippen LogP contribution in [-0.2, 0) is 10.8 Å². The fourth-order valence-electron chi connectivity index (χ4n) is 1.34. The minimum atomic E-state index is -0.572. The second-order valence-corrected chi connectivity index (χ2v) is 4.86. The normalized spacial score (nSPS) is 20.7. The second kappa shape index (κ2) is 6.48. The van der Waals surface area contributed by atoms with Crippen molar-refractivity contribution in [1.29, 1.82) is 0 Å². The van der Waals surface area contributed by atoms with E-state index in [9.17, 15) is 4.21 Å².